The van der Waals surface area contributed by atoms with Crippen molar-refractivity contribution in [2.75, 3.05) is 0 Å². The molecule has 0 bridgehead atoms. The van der Waals surface area contributed by atoms with Gasteiger partial charge in [0.25, 0.3) is 0 Å². The lowest BCUT2D eigenvalue weighted by atomic mass is 9.99. The molecule has 0 aliphatic heterocycles. The first-order valence-electron chi connectivity index (χ1n) is 7.18. The van der Waals surface area contributed by atoms with E-state index in [4.69, 9.17) is 0 Å². The minimum Gasteiger partial charge on any atom is -0.100 e. The molecule has 0 saturated heterocycles. The molecular formula is C21H20. The van der Waals surface area contributed by atoms with E-state index in [1.165, 1.54) is 5.56 Å². The molecule has 2 aromatic rings. The molecule has 0 aromatic heterocycles. The van der Waals surface area contributed by atoms with Crippen LogP contribution in [0.4, 0.5) is 0 Å². The van der Waals surface area contributed by atoms with Crippen molar-refractivity contribution < 1.29 is 0 Å². The Morgan fingerprint density at radius 2 is 1.67 bits per heavy atom. The van der Waals surface area contributed by atoms with Crippen LogP contribution in [0.3, 0.4) is 0 Å². The summed E-state index contributed by atoms with van der Waals surface area (Å²) in [4.78, 5) is 0. The summed E-state index contributed by atoms with van der Waals surface area (Å²) in [6.07, 6.45) is 5.19. The molecule has 0 nitrogen and oxygen atoms in total. The summed E-state index contributed by atoms with van der Waals surface area (Å²) in [5.41, 5.74) is 3.41. The van der Waals surface area contributed by atoms with Crippen molar-refractivity contribution in [3.8, 4) is 11.8 Å². The highest BCUT2D eigenvalue weighted by molar-refractivity contribution is 5.50. The number of rotatable bonds is 4. The quantitative estimate of drug-likeness (QED) is 0.521. The van der Waals surface area contributed by atoms with Gasteiger partial charge in [-0.1, -0.05) is 78.1 Å². The summed E-state index contributed by atoms with van der Waals surface area (Å²) in [6, 6.07) is 20.4. The minimum absolute atomic E-state index is 0.197. The molecule has 0 spiro atoms. The van der Waals surface area contributed by atoms with Crippen molar-refractivity contribution >= 4 is 6.08 Å². The largest absolute Gasteiger partial charge is 0.100 e. The maximum atomic E-state index is 4.00. The van der Waals surface area contributed by atoms with Crippen LogP contribution in [0, 0.1) is 17.8 Å². The predicted molar refractivity (Wildman–Crippen MR) is 91.7 cm³/mol. The first kappa shape index (κ1) is 14.9. The van der Waals surface area contributed by atoms with Crippen LogP contribution in [0.1, 0.15) is 24.5 Å². The molecule has 0 heteroatoms. The Morgan fingerprint density at radius 1 is 1.05 bits per heavy atom. The van der Waals surface area contributed by atoms with E-state index in [2.05, 4.69) is 42.7 Å². The molecule has 0 radical (unpaired) electrons. The maximum Gasteiger partial charge on any atom is 0.0426 e. The van der Waals surface area contributed by atoms with Crippen LogP contribution in [-0.4, -0.2) is 0 Å². The molecule has 0 fully saturated rings. The van der Waals surface area contributed by atoms with Crippen molar-refractivity contribution in [2.24, 2.45) is 5.92 Å². The average molecular weight is 272 g/mol. The van der Waals surface area contributed by atoms with Crippen molar-refractivity contribution in [1.29, 1.82) is 0 Å². The molecule has 0 saturated carbocycles. The molecule has 2 rings (SSSR count). The van der Waals surface area contributed by atoms with Gasteiger partial charge in [-0.25, -0.2) is 0 Å². The van der Waals surface area contributed by atoms with Crippen molar-refractivity contribution in [3.05, 3.63) is 90.0 Å². The SMILES string of the molecule is C=C(C)CC(C#Cc1ccccc1)/C=C/c1ccccc1. The summed E-state index contributed by atoms with van der Waals surface area (Å²) in [5.74, 6) is 6.78. The lowest BCUT2D eigenvalue weighted by Gasteiger charge is -2.05. The van der Waals surface area contributed by atoms with Gasteiger partial charge in [0, 0.05) is 11.5 Å². The van der Waals surface area contributed by atoms with Gasteiger partial charge in [-0.2, -0.15) is 0 Å². The monoisotopic (exact) mass is 272 g/mol. The molecule has 0 heterocycles. The zero-order valence-electron chi connectivity index (χ0n) is 12.4. The van der Waals surface area contributed by atoms with Crippen molar-refractivity contribution in [3.63, 3.8) is 0 Å². The van der Waals surface area contributed by atoms with Crippen LogP contribution in [0.5, 0.6) is 0 Å². The van der Waals surface area contributed by atoms with E-state index in [1.807, 2.05) is 55.5 Å². The van der Waals surface area contributed by atoms with E-state index in [1.54, 1.807) is 0 Å². The molecule has 1 atom stereocenters. The van der Waals surface area contributed by atoms with Gasteiger partial charge in [0.2, 0.25) is 0 Å². The van der Waals surface area contributed by atoms with Gasteiger partial charge in [0.15, 0.2) is 0 Å². The van der Waals surface area contributed by atoms with Crippen molar-refractivity contribution in [1.82, 2.24) is 0 Å². The van der Waals surface area contributed by atoms with Gasteiger partial charge in [-0.05, 0) is 31.0 Å². The highest BCUT2D eigenvalue weighted by atomic mass is 14.0. The van der Waals surface area contributed by atoms with Gasteiger partial charge < -0.3 is 0 Å². The van der Waals surface area contributed by atoms with E-state index in [9.17, 15) is 0 Å². The van der Waals surface area contributed by atoms with Crippen LogP contribution in [0.15, 0.2) is 78.9 Å². The lowest BCUT2D eigenvalue weighted by molar-refractivity contribution is 0.827. The zero-order valence-corrected chi connectivity index (χ0v) is 12.4. The van der Waals surface area contributed by atoms with Gasteiger partial charge in [0.05, 0.1) is 0 Å². The third-order valence-electron chi connectivity index (χ3n) is 3.06. The first-order valence-corrected chi connectivity index (χ1v) is 7.18. The fourth-order valence-corrected chi connectivity index (χ4v) is 2.03. The Labute approximate surface area is 127 Å². The molecule has 1 unspecified atom stereocenters. The second kappa shape index (κ2) is 7.92. The normalized spacial score (nSPS) is 11.7. The molecule has 2 aromatic carbocycles. The highest BCUT2D eigenvalue weighted by Crippen LogP contribution is 2.13. The molecule has 0 amide bonds. The second-order valence-corrected chi connectivity index (χ2v) is 5.17. The van der Waals surface area contributed by atoms with E-state index < -0.39 is 0 Å². The number of benzene rings is 2. The fraction of sp³-hybridized carbons (Fsp3) is 0.143. The van der Waals surface area contributed by atoms with E-state index in [0.717, 1.165) is 17.6 Å². The summed E-state index contributed by atoms with van der Waals surface area (Å²) >= 11 is 0. The summed E-state index contributed by atoms with van der Waals surface area (Å²) < 4.78 is 0. The summed E-state index contributed by atoms with van der Waals surface area (Å²) in [6.45, 7) is 6.05. The van der Waals surface area contributed by atoms with Crippen LogP contribution in [-0.2, 0) is 0 Å². The Bertz CT molecular complexity index is 651. The number of allylic oxidation sites excluding steroid dienone is 2. The van der Waals surface area contributed by atoms with Gasteiger partial charge in [-0.3, -0.25) is 0 Å². The zero-order chi connectivity index (χ0) is 14.9. The fourth-order valence-electron chi connectivity index (χ4n) is 2.03. The molecule has 0 aliphatic carbocycles. The molecule has 0 N–H and O–H groups in total. The third-order valence-corrected chi connectivity index (χ3v) is 3.06. The lowest BCUT2D eigenvalue weighted by Crippen LogP contribution is -1.93. The summed E-state index contributed by atoms with van der Waals surface area (Å²) in [7, 11) is 0. The Hall–Kier alpha value is -2.52. The Morgan fingerprint density at radius 3 is 2.29 bits per heavy atom. The molecule has 21 heavy (non-hydrogen) atoms. The van der Waals surface area contributed by atoms with E-state index in [0.29, 0.717) is 0 Å². The van der Waals surface area contributed by atoms with E-state index >= 15 is 0 Å². The molecule has 104 valence electrons. The standard InChI is InChI=1S/C21H20/c1-18(2)17-21(15-13-19-9-5-3-6-10-19)16-14-20-11-7-4-8-12-20/h3-13,15,21H,1,17H2,2H3/b15-13+. The number of hydrogen-bond donors (Lipinski definition) is 0. The van der Waals surface area contributed by atoms with Crippen molar-refractivity contribution in [2.45, 2.75) is 13.3 Å². The second-order valence-electron chi connectivity index (χ2n) is 5.17. The number of hydrogen-bond acceptors (Lipinski definition) is 0. The van der Waals surface area contributed by atoms with Crippen LogP contribution in [0.2, 0.25) is 0 Å². The average Bonchev–Trinajstić information content (AvgIpc) is 2.51. The summed E-state index contributed by atoms with van der Waals surface area (Å²) in [5, 5.41) is 0. The van der Waals surface area contributed by atoms with Crippen LogP contribution < -0.4 is 0 Å². The van der Waals surface area contributed by atoms with Gasteiger partial charge in [-0.15, -0.1) is 6.58 Å². The first-order chi connectivity index (χ1) is 10.2. The predicted octanol–water partition coefficient (Wildman–Crippen LogP) is 5.33. The molecule has 0 aliphatic rings. The Kier molecular flexibility index (Phi) is 5.61. The molecular weight excluding hydrogens is 252 g/mol. The smallest absolute Gasteiger partial charge is 0.0426 e. The van der Waals surface area contributed by atoms with Gasteiger partial charge >= 0.3 is 0 Å². The third kappa shape index (κ3) is 5.55. The van der Waals surface area contributed by atoms with E-state index in [-0.39, 0.29) is 5.92 Å². The van der Waals surface area contributed by atoms with Crippen LogP contribution in [0.25, 0.3) is 6.08 Å². The van der Waals surface area contributed by atoms with Gasteiger partial charge in [0.1, 0.15) is 0 Å². The minimum atomic E-state index is 0.197. The van der Waals surface area contributed by atoms with Crippen LogP contribution >= 0.6 is 0 Å². The topological polar surface area (TPSA) is 0 Å². The Balaban J connectivity index is 2.14. The maximum absolute atomic E-state index is 4.00. The highest BCUT2D eigenvalue weighted by Gasteiger charge is 2.00.